The Morgan fingerprint density at radius 3 is 2.50 bits per heavy atom. The highest BCUT2D eigenvalue weighted by molar-refractivity contribution is 6.07. The fourth-order valence-electron chi connectivity index (χ4n) is 4.58. The summed E-state index contributed by atoms with van der Waals surface area (Å²) in [7, 11) is 0. The molecule has 4 nitrogen and oxygen atoms in total. The van der Waals surface area contributed by atoms with Crippen molar-refractivity contribution in [2.45, 2.75) is 64.3 Å². The average Bonchev–Trinajstić information content (AvgIpc) is 3.59. The predicted octanol–water partition coefficient (Wildman–Crippen LogP) is 4.33. The minimum absolute atomic E-state index is 0.194. The normalized spacial score (nSPS) is 20.7. The van der Waals surface area contributed by atoms with Gasteiger partial charge in [0.05, 0.1) is 11.1 Å². The molecule has 2 saturated carbocycles. The summed E-state index contributed by atoms with van der Waals surface area (Å²) in [5, 5.41) is 4.74. The molecule has 1 aromatic heterocycles. The van der Waals surface area contributed by atoms with Gasteiger partial charge in [-0.05, 0) is 82.5 Å². The van der Waals surface area contributed by atoms with Crippen molar-refractivity contribution in [1.29, 1.82) is 0 Å². The van der Waals surface area contributed by atoms with E-state index >= 15 is 0 Å². The molecule has 2 aliphatic carbocycles. The molecule has 2 aromatic rings. The number of rotatable bonds is 5. The van der Waals surface area contributed by atoms with Crippen molar-refractivity contribution in [3.05, 3.63) is 40.6 Å². The maximum Gasteiger partial charge on any atom is 0.254 e. The zero-order chi connectivity index (χ0) is 19.3. The molecule has 0 bridgehead atoms. The van der Waals surface area contributed by atoms with Crippen molar-refractivity contribution in [3.63, 3.8) is 0 Å². The number of hydrogen-bond acceptors (Lipinski definition) is 3. The van der Waals surface area contributed by atoms with Crippen molar-refractivity contribution in [3.8, 4) is 0 Å². The first-order valence-corrected chi connectivity index (χ1v) is 11.0. The molecule has 0 unspecified atom stereocenters. The third-order valence-corrected chi connectivity index (χ3v) is 6.67. The molecule has 5 rings (SSSR count). The number of carbonyl (C=O) groups excluding carboxylic acids is 1. The van der Waals surface area contributed by atoms with E-state index in [2.05, 4.69) is 42.3 Å². The molecule has 148 valence electrons. The van der Waals surface area contributed by atoms with Crippen molar-refractivity contribution >= 4 is 16.8 Å². The molecule has 28 heavy (non-hydrogen) atoms. The van der Waals surface area contributed by atoms with Gasteiger partial charge in [-0.1, -0.05) is 11.6 Å². The largest absolute Gasteiger partial charge is 0.339 e. The van der Waals surface area contributed by atoms with Gasteiger partial charge in [0.2, 0.25) is 0 Å². The summed E-state index contributed by atoms with van der Waals surface area (Å²) in [5.41, 5.74) is 5.36. The van der Waals surface area contributed by atoms with E-state index in [1.807, 2.05) is 0 Å². The second-order valence-corrected chi connectivity index (χ2v) is 9.27. The van der Waals surface area contributed by atoms with Crippen LogP contribution in [0.2, 0.25) is 0 Å². The van der Waals surface area contributed by atoms with Crippen LogP contribution < -0.4 is 5.32 Å². The number of nitrogens with zero attached hydrogens (tertiary/aromatic N) is 2. The van der Waals surface area contributed by atoms with E-state index in [0.29, 0.717) is 12.0 Å². The van der Waals surface area contributed by atoms with Gasteiger partial charge >= 0.3 is 0 Å². The third kappa shape index (κ3) is 3.67. The lowest BCUT2D eigenvalue weighted by atomic mass is 9.98. The Kier molecular flexibility index (Phi) is 4.62. The molecular formula is C24H31N3O. The minimum Gasteiger partial charge on any atom is -0.339 e. The number of aryl methyl sites for hydroxylation is 2. The smallest absolute Gasteiger partial charge is 0.254 e. The van der Waals surface area contributed by atoms with E-state index in [-0.39, 0.29) is 5.91 Å². The Labute approximate surface area is 167 Å². The second kappa shape index (κ2) is 7.14. The van der Waals surface area contributed by atoms with Gasteiger partial charge in [0.15, 0.2) is 0 Å². The fourth-order valence-corrected chi connectivity index (χ4v) is 4.58. The van der Waals surface area contributed by atoms with Gasteiger partial charge in [-0.25, -0.2) is 0 Å². The molecule has 0 atom stereocenters. The summed E-state index contributed by atoms with van der Waals surface area (Å²) >= 11 is 0. The zero-order valence-corrected chi connectivity index (χ0v) is 17.1. The van der Waals surface area contributed by atoms with E-state index in [0.717, 1.165) is 60.6 Å². The molecule has 1 saturated heterocycles. The van der Waals surface area contributed by atoms with Gasteiger partial charge in [0, 0.05) is 36.1 Å². The van der Waals surface area contributed by atoms with Crippen molar-refractivity contribution in [2.24, 2.45) is 5.92 Å². The van der Waals surface area contributed by atoms with Crippen LogP contribution >= 0.6 is 0 Å². The number of pyridine rings is 1. The zero-order valence-electron chi connectivity index (χ0n) is 17.1. The maximum absolute atomic E-state index is 13.5. The molecule has 0 radical (unpaired) electrons. The lowest BCUT2D eigenvalue weighted by Gasteiger charge is -2.33. The number of piperidine rings is 1. The molecule has 1 N–H and O–H groups in total. The summed E-state index contributed by atoms with van der Waals surface area (Å²) in [4.78, 5) is 20.5. The Morgan fingerprint density at radius 2 is 1.82 bits per heavy atom. The first kappa shape index (κ1) is 18.1. The van der Waals surface area contributed by atoms with Crippen LogP contribution in [0.15, 0.2) is 18.2 Å². The van der Waals surface area contributed by atoms with Gasteiger partial charge in [-0.3, -0.25) is 9.78 Å². The van der Waals surface area contributed by atoms with Gasteiger partial charge in [0.25, 0.3) is 5.91 Å². The molecule has 3 aliphatic rings. The quantitative estimate of drug-likeness (QED) is 0.843. The van der Waals surface area contributed by atoms with Crippen molar-refractivity contribution in [2.75, 3.05) is 19.6 Å². The predicted molar refractivity (Wildman–Crippen MR) is 113 cm³/mol. The number of aromatic nitrogens is 1. The maximum atomic E-state index is 13.5. The number of hydrogen-bond donors (Lipinski definition) is 1. The van der Waals surface area contributed by atoms with Crippen LogP contribution in [-0.4, -0.2) is 41.5 Å². The van der Waals surface area contributed by atoms with Crippen molar-refractivity contribution in [1.82, 2.24) is 15.2 Å². The lowest BCUT2D eigenvalue weighted by molar-refractivity contribution is 0.0707. The van der Waals surface area contributed by atoms with Crippen LogP contribution in [0, 0.1) is 19.8 Å². The van der Waals surface area contributed by atoms with Crippen LogP contribution in [0.1, 0.15) is 71.6 Å². The van der Waals surface area contributed by atoms with E-state index in [9.17, 15) is 4.79 Å². The van der Waals surface area contributed by atoms with Gasteiger partial charge in [-0.15, -0.1) is 0 Å². The number of amides is 1. The Balaban J connectivity index is 1.39. The number of likely N-dealkylation sites (tertiary alicyclic amines) is 1. The van der Waals surface area contributed by atoms with Gasteiger partial charge < -0.3 is 10.2 Å². The average molecular weight is 378 g/mol. The van der Waals surface area contributed by atoms with Crippen LogP contribution in [0.25, 0.3) is 10.9 Å². The molecule has 1 aromatic carbocycles. The standard InChI is InChI=1S/C24H31N3O/c1-15-11-16(2)23-20(12-15)21(13-22(26-23)18-5-6-18)24(28)27-9-7-19(8-10-27)25-14-17-3-4-17/h11-13,17-19,25H,3-10,14H2,1-2H3. The molecule has 0 spiro atoms. The first-order chi connectivity index (χ1) is 13.6. The molecule has 3 fully saturated rings. The molecule has 1 aliphatic heterocycles. The van der Waals surface area contributed by atoms with Crippen LogP contribution in [-0.2, 0) is 0 Å². The third-order valence-electron chi connectivity index (χ3n) is 6.67. The molecular weight excluding hydrogens is 346 g/mol. The van der Waals surface area contributed by atoms with Crippen LogP contribution in [0.5, 0.6) is 0 Å². The number of carbonyl (C=O) groups is 1. The van der Waals surface area contributed by atoms with E-state index in [1.54, 1.807) is 0 Å². The molecule has 4 heteroatoms. The second-order valence-electron chi connectivity index (χ2n) is 9.27. The van der Waals surface area contributed by atoms with Crippen LogP contribution in [0.3, 0.4) is 0 Å². The lowest BCUT2D eigenvalue weighted by Crippen LogP contribution is -2.45. The highest BCUT2D eigenvalue weighted by atomic mass is 16.2. The van der Waals surface area contributed by atoms with Gasteiger partial charge in [-0.2, -0.15) is 0 Å². The van der Waals surface area contributed by atoms with E-state index in [4.69, 9.17) is 4.98 Å². The highest BCUT2D eigenvalue weighted by Crippen LogP contribution is 2.41. The number of nitrogens with one attached hydrogen (secondary N) is 1. The SMILES string of the molecule is Cc1cc(C)c2nc(C3CC3)cc(C(=O)N3CCC(NCC4CC4)CC3)c2c1. The minimum atomic E-state index is 0.194. The first-order valence-electron chi connectivity index (χ1n) is 11.0. The Bertz CT molecular complexity index is 906. The number of benzene rings is 1. The highest BCUT2D eigenvalue weighted by Gasteiger charge is 2.30. The van der Waals surface area contributed by atoms with Crippen molar-refractivity contribution < 1.29 is 4.79 Å². The Morgan fingerprint density at radius 1 is 1.07 bits per heavy atom. The Hall–Kier alpha value is -1.94. The topological polar surface area (TPSA) is 45.2 Å². The number of fused-ring (bicyclic) bond motifs is 1. The monoisotopic (exact) mass is 377 g/mol. The van der Waals surface area contributed by atoms with Gasteiger partial charge in [0.1, 0.15) is 0 Å². The summed E-state index contributed by atoms with van der Waals surface area (Å²) in [6.45, 7) is 7.09. The van der Waals surface area contributed by atoms with E-state index in [1.165, 1.54) is 36.8 Å². The molecule has 2 heterocycles. The van der Waals surface area contributed by atoms with E-state index < -0.39 is 0 Å². The summed E-state index contributed by atoms with van der Waals surface area (Å²) in [6, 6.07) is 6.99. The summed E-state index contributed by atoms with van der Waals surface area (Å²) in [5.74, 6) is 1.66. The summed E-state index contributed by atoms with van der Waals surface area (Å²) in [6.07, 6.45) is 7.32. The summed E-state index contributed by atoms with van der Waals surface area (Å²) < 4.78 is 0. The molecule has 1 amide bonds. The fraction of sp³-hybridized carbons (Fsp3) is 0.583. The van der Waals surface area contributed by atoms with Crippen LogP contribution in [0.4, 0.5) is 0 Å².